The SMILES string of the molecule is CC(CCN(C)C)NCc1ccc2c(c1)OCCCO2. The summed E-state index contributed by atoms with van der Waals surface area (Å²) in [4.78, 5) is 2.21. The first-order valence-corrected chi connectivity index (χ1v) is 7.42. The van der Waals surface area contributed by atoms with E-state index in [0.717, 1.165) is 50.6 Å². The Labute approximate surface area is 122 Å². The molecule has 0 aliphatic carbocycles. The molecule has 4 heteroatoms. The van der Waals surface area contributed by atoms with Crippen LogP contribution in [-0.4, -0.2) is 44.8 Å². The summed E-state index contributed by atoms with van der Waals surface area (Å²) in [7, 11) is 4.22. The number of ether oxygens (including phenoxy) is 2. The molecule has 4 nitrogen and oxygen atoms in total. The molecular formula is C16H26N2O2. The smallest absolute Gasteiger partial charge is 0.161 e. The summed E-state index contributed by atoms with van der Waals surface area (Å²) >= 11 is 0. The molecule has 0 saturated carbocycles. The number of rotatable bonds is 6. The van der Waals surface area contributed by atoms with Gasteiger partial charge in [0.2, 0.25) is 0 Å². The van der Waals surface area contributed by atoms with Gasteiger partial charge in [-0.3, -0.25) is 0 Å². The zero-order chi connectivity index (χ0) is 14.4. The molecule has 1 aromatic rings. The first-order valence-electron chi connectivity index (χ1n) is 7.42. The van der Waals surface area contributed by atoms with Crippen molar-refractivity contribution in [3.05, 3.63) is 23.8 Å². The standard InChI is InChI=1S/C16H26N2O2/c1-13(7-8-18(2)3)17-12-14-5-6-15-16(11-14)20-10-4-9-19-15/h5-6,11,13,17H,4,7-10,12H2,1-3H3. The third kappa shape index (κ3) is 4.69. The van der Waals surface area contributed by atoms with Crippen LogP contribution in [0.5, 0.6) is 11.5 Å². The molecule has 0 aromatic heterocycles. The molecule has 20 heavy (non-hydrogen) atoms. The van der Waals surface area contributed by atoms with Crippen LogP contribution in [0.3, 0.4) is 0 Å². The molecule has 1 N–H and O–H groups in total. The molecule has 1 unspecified atom stereocenters. The maximum Gasteiger partial charge on any atom is 0.161 e. The Balaban J connectivity index is 1.85. The van der Waals surface area contributed by atoms with Gasteiger partial charge in [0.15, 0.2) is 11.5 Å². The van der Waals surface area contributed by atoms with Crippen LogP contribution < -0.4 is 14.8 Å². The molecular weight excluding hydrogens is 252 g/mol. The van der Waals surface area contributed by atoms with E-state index in [9.17, 15) is 0 Å². The first kappa shape index (κ1) is 15.1. The van der Waals surface area contributed by atoms with Crippen molar-refractivity contribution >= 4 is 0 Å². The van der Waals surface area contributed by atoms with E-state index in [0.29, 0.717) is 6.04 Å². The lowest BCUT2D eigenvalue weighted by Crippen LogP contribution is -2.29. The average Bonchev–Trinajstić information content (AvgIpc) is 2.67. The number of hydrogen-bond acceptors (Lipinski definition) is 4. The van der Waals surface area contributed by atoms with Crippen LogP contribution in [0, 0.1) is 0 Å². The third-order valence-corrected chi connectivity index (χ3v) is 3.48. The van der Waals surface area contributed by atoms with E-state index in [1.54, 1.807) is 0 Å². The molecule has 0 fully saturated rings. The van der Waals surface area contributed by atoms with Gasteiger partial charge in [0.25, 0.3) is 0 Å². The van der Waals surface area contributed by atoms with Gasteiger partial charge in [0, 0.05) is 19.0 Å². The normalized spacial score (nSPS) is 16.0. The zero-order valence-electron chi connectivity index (χ0n) is 12.8. The lowest BCUT2D eigenvalue weighted by molar-refractivity contribution is 0.297. The summed E-state index contributed by atoms with van der Waals surface area (Å²) in [5.74, 6) is 1.75. The number of benzene rings is 1. The van der Waals surface area contributed by atoms with E-state index in [-0.39, 0.29) is 0 Å². The molecule has 112 valence electrons. The second kappa shape index (κ2) is 7.50. The van der Waals surface area contributed by atoms with E-state index in [2.05, 4.69) is 43.4 Å². The fourth-order valence-electron chi connectivity index (χ4n) is 2.16. The molecule has 1 aliphatic heterocycles. The topological polar surface area (TPSA) is 33.7 Å². The highest BCUT2D eigenvalue weighted by Gasteiger charge is 2.11. The van der Waals surface area contributed by atoms with Crippen molar-refractivity contribution in [1.29, 1.82) is 0 Å². The van der Waals surface area contributed by atoms with Crippen molar-refractivity contribution in [1.82, 2.24) is 10.2 Å². The third-order valence-electron chi connectivity index (χ3n) is 3.48. The fourth-order valence-corrected chi connectivity index (χ4v) is 2.16. The van der Waals surface area contributed by atoms with Gasteiger partial charge in [-0.1, -0.05) is 6.07 Å². The van der Waals surface area contributed by atoms with E-state index < -0.39 is 0 Å². The molecule has 0 amide bonds. The summed E-state index contributed by atoms with van der Waals surface area (Å²) in [6.07, 6.45) is 2.10. The average molecular weight is 278 g/mol. The largest absolute Gasteiger partial charge is 0.490 e. The predicted molar refractivity (Wildman–Crippen MR) is 81.5 cm³/mol. The molecule has 1 atom stereocenters. The predicted octanol–water partition coefficient (Wildman–Crippen LogP) is 2.28. The summed E-state index contributed by atoms with van der Waals surface area (Å²) in [6.45, 7) is 5.68. The van der Waals surface area contributed by atoms with Crippen molar-refractivity contribution in [3.63, 3.8) is 0 Å². The van der Waals surface area contributed by atoms with Crippen LogP contribution in [0.4, 0.5) is 0 Å². The Bertz CT molecular complexity index is 421. The van der Waals surface area contributed by atoms with Crippen molar-refractivity contribution in [2.75, 3.05) is 33.9 Å². The zero-order valence-corrected chi connectivity index (χ0v) is 12.8. The minimum Gasteiger partial charge on any atom is -0.490 e. The van der Waals surface area contributed by atoms with Gasteiger partial charge in [-0.05, 0) is 51.7 Å². The quantitative estimate of drug-likeness (QED) is 0.865. The van der Waals surface area contributed by atoms with Gasteiger partial charge >= 0.3 is 0 Å². The molecule has 0 saturated heterocycles. The van der Waals surface area contributed by atoms with Gasteiger partial charge < -0.3 is 19.7 Å². The van der Waals surface area contributed by atoms with E-state index in [4.69, 9.17) is 9.47 Å². The van der Waals surface area contributed by atoms with Crippen molar-refractivity contribution < 1.29 is 9.47 Å². The van der Waals surface area contributed by atoms with E-state index in [1.807, 2.05) is 6.07 Å². The first-order chi connectivity index (χ1) is 9.65. The minimum absolute atomic E-state index is 0.508. The summed E-state index contributed by atoms with van der Waals surface area (Å²) in [6, 6.07) is 6.72. The highest BCUT2D eigenvalue weighted by Crippen LogP contribution is 2.30. The van der Waals surface area contributed by atoms with Crippen LogP contribution >= 0.6 is 0 Å². The highest BCUT2D eigenvalue weighted by atomic mass is 16.5. The van der Waals surface area contributed by atoms with Crippen molar-refractivity contribution in [3.8, 4) is 11.5 Å². The number of nitrogens with one attached hydrogen (secondary N) is 1. The molecule has 2 rings (SSSR count). The summed E-state index contributed by atoms with van der Waals surface area (Å²) in [5, 5.41) is 3.55. The van der Waals surface area contributed by atoms with Crippen LogP contribution in [0.2, 0.25) is 0 Å². The molecule has 0 spiro atoms. The summed E-state index contributed by atoms with van der Waals surface area (Å²) < 4.78 is 11.4. The van der Waals surface area contributed by atoms with Crippen LogP contribution in [0.15, 0.2) is 18.2 Å². The van der Waals surface area contributed by atoms with Gasteiger partial charge in [-0.2, -0.15) is 0 Å². The van der Waals surface area contributed by atoms with E-state index in [1.165, 1.54) is 5.56 Å². The van der Waals surface area contributed by atoms with Crippen LogP contribution in [0.25, 0.3) is 0 Å². The Kier molecular flexibility index (Phi) is 5.68. The Hall–Kier alpha value is -1.26. The molecule has 1 aliphatic rings. The van der Waals surface area contributed by atoms with Crippen molar-refractivity contribution in [2.45, 2.75) is 32.4 Å². The van der Waals surface area contributed by atoms with Gasteiger partial charge in [0.1, 0.15) is 0 Å². The van der Waals surface area contributed by atoms with Crippen molar-refractivity contribution in [2.24, 2.45) is 0 Å². The van der Waals surface area contributed by atoms with Crippen LogP contribution in [-0.2, 0) is 6.54 Å². The fraction of sp³-hybridized carbons (Fsp3) is 0.625. The number of hydrogen-bond donors (Lipinski definition) is 1. The highest BCUT2D eigenvalue weighted by molar-refractivity contribution is 5.43. The second-order valence-electron chi connectivity index (χ2n) is 5.71. The van der Waals surface area contributed by atoms with Crippen LogP contribution in [0.1, 0.15) is 25.3 Å². The molecule has 1 heterocycles. The molecule has 1 aromatic carbocycles. The molecule has 0 radical (unpaired) electrons. The maximum absolute atomic E-state index is 5.72. The number of fused-ring (bicyclic) bond motifs is 1. The van der Waals surface area contributed by atoms with E-state index >= 15 is 0 Å². The van der Waals surface area contributed by atoms with Gasteiger partial charge in [0.05, 0.1) is 13.2 Å². The maximum atomic E-state index is 5.72. The number of nitrogens with zero attached hydrogens (tertiary/aromatic N) is 1. The lowest BCUT2D eigenvalue weighted by atomic mass is 10.1. The van der Waals surface area contributed by atoms with Gasteiger partial charge in [-0.25, -0.2) is 0 Å². The Morgan fingerprint density at radius 3 is 2.70 bits per heavy atom. The monoisotopic (exact) mass is 278 g/mol. The Morgan fingerprint density at radius 1 is 1.20 bits per heavy atom. The lowest BCUT2D eigenvalue weighted by Gasteiger charge is -2.17. The minimum atomic E-state index is 0.508. The summed E-state index contributed by atoms with van der Waals surface area (Å²) in [5.41, 5.74) is 1.24. The second-order valence-corrected chi connectivity index (χ2v) is 5.71. The Morgan fingerprint density at radius 2 is 1.95 bits per heavy atom. The van der Waals surface area contributed by atoms with Gasteiger partial charge in [-0.15, -0.1) is 0 Å². The molecule has 0 bridgehead atoms.